The minimum Gasteiger partial charge on any atom is -0.489 e. The topological polar surface area (TPSA) is 71.1 Å². The van der Waals surface area contributed by atoms with E-state index in [9.17, 15) is 9.59 Å². The van der Waals surface area contributed by atoms with Gasteiger partial charge in [0.1, 0.15) is 25.0 Å². The van der Waals surface area contributed by atoms with Gasteiger partial charge in [-0.3, -0.25) is 14.6 Å². The van der Waals surface area contributed by atoms with Gasteiger partial charge in [0.05, 0.1) is 0 Å². The van der Waals surface area contributed by atoms with Crippen LogP contribution in [0.5, 0.6) is 5.75 Å². The van der Waals surface area contributed by atoms with Gasteiger partial charge in [0.2, 0.25) is 5.91 Å². The van der Waals surface area contributed by atoms with Crippen LogP contribution in [0, 0.1) is 0 Å². The molecule has 7 nitrogen and oxygen atoms in total. The number of fused-ring (bicyclic) bond motifs is 1. The highest BCUT2D eigenvalue weighted by Crippen LogP contribution is 2.33. The van der Waals surface area contributed by atoms with Crippen LogP contribution >= 0.6 is 0 Å². The molecule has 3 aromatic carbocycles. The molecule has 7 heteroatoms. The number of carbonyl (C=O) groups is 2. The lowest BCUT2D eigenvalue weighted by Crippen LogP contribution is -2.49. The van der Waals surface area contributed by atoms with Crippen LogP contribution in [0.15, 0.2) is 78.9 Å². The maximum absolute atomic E-state index is 13.7. The number of carbonyl (C=O) groups excluding carboxylic acids is 2. The van der Waals surface area contributed by atoms with Gasteiger partial charge in [-0.25, -0.2) is 4.79 Å². The van der Waals surface area contributed by atoms with Crippen molar-refractivity contribution in [2.45, 2.75) is 65.5 Å². The molecule has 2 amide bonds. The molecule has 0 fully saturated rings. The van der Waals surface area contributed by atoms with E-state index < -0.39 is 12.1 Å². The Morgan fingerprint density at radius 2 is 1.52 bits per heavy atom. The number of nitrogens with zero attached hydrogens (tertiary/aromatic N) is 2. The van der Waals surface area contributed by atoms with Crippen molar-refractivity contribution in [2.75, 3.05) is 19.6 Å². The number of nitrogens with one attached hydrogen (secondary N) is 1. The Balaban J connectivity index is 1.50. The summed E-state index contributed by atoms with van der Waals surface area (Å²) < 4.78 is 11.7. The Kier molecular flexibility index (Phi) is 10.2. The average Bonchev–Trinajstić information content (AvgIpc) is 2.96. The molecule has 212 valence electrons. The Labute approximate surface area is 238 Å². The predicted octanol–water partition coefficient (Wildman–Crippen LogP) is 5.74. The normalized spacial score (nSPS) is 14.8. The first-order chi connectivity index (χ1) is 19.3. The van der Waals surface area contributed by atoms with Crippen LogP contribution in [0.1, 0.15) is 56.0 Å². The second-order valence-electron chi connectivity index (χ2n) is 10.7. The molecule has 1 atom stereocenters. The maximum Gasteiger partial charge on any atom is 0.411 e. The number of ether oxygens (including phenoxy) is 2. The molecular weight excluding hydrogens is 502 g/mol. The van der Waals surface area contributed by atoms with Gasteiger partial charge in [0.15, 0.2) is 0 Å². The summed E-state index contributed by atoms with van der Waals surface area (Å²) in [6.45, 7) is 10.8. The molecule has 0 aromatic heterocycles. The fraction of sp³-hybridized carbons (Fsp3) is 0.394. The first-order valence-corrected chi connectivity index (χ1v) is 14.1. The van der Waals surface area contributed by atoms with E-state index in [1.807, 2.05) is 78.9 Å². The van der Waals surface area contributed by atoms with Crippen LogP contribution in [0.3, 0.4) is 0 Å². The summed E-state index contributed by atoms with van der Waals surface area (Å²) >= 11 is 0. The smallest absolute Gasteiger partial charge is 0.411 e. The summed E-state index contributed by atoms with van der Waals surface area (Å²) in [4.78, 5) is 30.8. The van der Waals surface area contributed by atoms with Gasteiger partial charge in [-0.05, 0) is 68.5 Å². The molecule has 3 aromatic rings. The molecule has 1 heterocycles. The fourth-order valence-corrected chi connectivity index (χ4v) is 5.23. The first kappa shape index (κ1) is 29.2. The van der Waals surface area contributed by atoms with Crippen LogP contribution in [0.4, 0.5) is 4.79 Å². The molecule has 0 radical (unpaired) electrons. The van der Waals surface area contributed by atoms with Crippen molar-refractivity contribution in [2.24, 2.45) is 0 Å². The summed E-state index contributed by atoms with van der Waals surface area (Å²) in [7, 11) is 0. The largest absolute Gasteiger partial charge is 0.489 e. The molecule has 1 N–H and O–H groups in total. The minimum absolute atomic E-state index is 0.154. The second-order valence-corrected chi connectivity index (χ2v) is 10.7. The minimum atomic E-state index is -0.776. The highest BCUT2D eigenvalue weighted by atomic mass is 16.6. The zero-order valence-corrected chi connectivity index (χ0v) is 24.0. The number of amides is 2. The van der Waals surface area contributed by atoms with Crippen LogP contribution in [-0.2, 0) is 29.2 Å². The van der Waals surface area contributed by atoms with Gasteiger partial charge >= 0.3 is 6.09 Å². The third kappa shape index (κ3) is 7.63. The van der Waals surface area contributed by atoms with E-state index in [1.54, 1.807) is 4.90 Å². The molecule has 40 heavy (non-hydrogen) atoms. The van der Waals surface area contributed by atoms with Gasteiger partial charge in [-0.2, -0.15) is 0 Å². The van der Waals surface area contributed by atoms with Crippen LogP contribution in [-0.4, -0.2) is 53.5 Å². The third-order valence-electron chi connectivity index (χ3n) is 7.27. The lowest BCUT2D eigenvalue weighted by Gasteiger charge is -2.36. The summed E-state index contributed by atoms with van der Waals surface area (Å²) in [6, 6.07) is 25.3. The predicted molar refractivity (Wildman–Crippen MR) is 157 cm³/mol. The molecule has 0 spiro atoms. The van der Waals surface area contributed by atoms with E-state index in [0.29, 0.717) is 38.2 Å². The van der Waals surface area contributed by atoms with E-state index in [0.717, 1.165) is 34.5 Å². The monoisotopic (exact) mass is 543 g/mol. The van der Waals surface area contributed by atoms with Crippen LogP contribution < -0.4 is 10.1 Å². The number of benzene rings is 3. The molecule has 1 unspecified atom stereocenters. The van der Waals surface area contributed by atoms with Gasteiger partial charge in [0, 0.05) is 31.7 Å². The van der Waals surface area contributed by atoms with E-state index in [4.69, 9.17) is 9.47 Å². The molecular formula is C33H41N3O4. The fourth-order valence-electron chi connectivity index (χ4n) is 5.23. The van der Waals surface area contributed by atoms with Crippen molar-refractivity contribution >= 4 is 12.0 Å². The van der Waals surface area contributed by atoms with E-state index >= 15 is 0 Å². The van der Waals surface area contributed by atoms with E-state index in [2.05, 4.69) is 37.9 Å². The van der Waals surface area contributed by atoms with Gasteiger partial charge < -0.3 is 14.8 Å². The number of rotatable bonds is 11. The Morgan fingerprint density at radius 3 is 2.15 bits per heavy atom. The van der Waals surface area contributed by atoms with Crippen molar-refractivity contribution in [3.8, 4) is 5.75 Å². The van der Waals surface area contributed by atoms with Crippen molar-refractivity contribution in [1.29, 1.82) is 0 Å². The maximum atomic E-state index is 13.7. The highest BCUT2D eigenvalue weighted by molar-refractivity contribution is 5.88. The Bertz CT molecular complexity index is 1240. The molecule has 0 aliphatic carbocycles. The molecule has 1 aliphatic heterocycles. The number of hydrogen-bond donors (Lipinski definition) is 1. The van der Waals surface area contributed by atoms with Gasteiger partial charge in [-0.1, -0.05) is 66.7 Å². The second kappa shape index (κ2) is 14.0. The molecule has 1 aliphatic rings. The van der Waals surface area contributed by atoms with Crippen LogP contribution in [0.2, 0.25) is 0 Å². The van der Waals surface area contributed by atoms with E-state index in [1.165, 1.54) is 0 Å². The average molecular weight is 544 g/mol. The van der Waals surface area contributed by atoms with Crippen molar-refractivity contribution in [3.05, 3.63) is 101 Å². The first-order valence-electron chi connectivity index (χ1n) is 14.1. The van der Waals surface area contributed by atoms with Crippen molar-refractivity contribution in [3.63, 3.8) is 0 Å². The van der Waals surface area contributed by atoms with Gasteiger partial charge in [-0.15, -0.1) is 0 Å². The zero-order chi connectivity index (χ0) is 28.5. The van der Waals surface area contributed by atoms with Crippen molar-refractivity contribution < 1.29 is 19.1 Å². The summed E-state index contributed by atoms with van der Waals surface area (Å²) in [6.07, 6.45) is 0.112. The summed E-state index contributed by atoms with van der Waals surface area (Å²) in [5.74, 6) is 0.536. The quantitative estimate of drug-likeness (QED) is 0.334. The molecule has 4 rings (SSSR count). The molecule has 0 saturated carbocycles. The highest BCUT2D eigenvalue weighted by Gasteiger charge is 2.37. The Hall–Kier alpha value is -3.84. The lowest BCUT2D eigenvalue weighted by atomic mass is 9.92. The summed E-state index contributed by atoms with van der Waals surface area (Å²) in [5.41, 5.74) is 3.79. The SMILES string of the molecule is CC(C)N(CCNC(=O)C1c2ccc(OCc3ccccc3)cc2CCN1C(=O)OCc1ccccc1)C(C)C. The zero-order valence-electron chi connectivity index (χ0n) is 24.0. The summed E-state index contributed by atoms with van der Waals surface area (Å²) in [5, 5.41) is 3.09. The van der Waals surface area contributed by atoms with Crippen molar-refractivity contribution in [1.82, 2.24) is 15.1 Å². The van der Waals surface area contributed by atoms with Gasteiger partial charge in [0.25, 0.3) is 0 Å². The Morgan fingerprint density at radius 1 is 0.900 bits per heavy atom. The molecule has 0 bridgehead atoms. The lowest BCUT2D eigenvalue weighted by molar-refractivity contribution is -0.126. The molecule has 0 saturated heterocycles. The number of hydrogen-bond acceptors (Lipinski definition) is 5. The standard InChI is InChI=1S/C33H41N3O4/c1-24(2)35(25(3)4)20-18-34-32(37)31-30-16-15-29(39-22-26-11-7-5-8-12-26)21-28(30)17-19-36(31)33(38)40-23-27-13-9-6-10-14-27/h5-16,21,24-25,31H,17-20,22-23H2,1-4H3,(H,34,37). The van der Waals surface area contributed by atoms with Crippen LogP contribution in [0.25, 0.3) is 0 Å². The third-order valence-corrected chi connectivity index (χ3v) is 7.27. The van der Waals surface area contributed by atoms with E-state index in [-0.39, 0.29) is 12.5 Å².